The van der Waals surface area contributed by atoms with Gasteiger partial charge in [0.15, 0.2) is 12.3 Å². The van der Waals surface area contributed by atoms with E-state index in [2.05, 4.69) is 59.6 Å². The number of hydrogen-bond acceptors (Lipinski definition) is 18. The number of ether oxygens (including phenoxy) is 3. The van der Waals surface area contributed by atoms with E-state index in [1.807, 2.05) is 0 Å². The molecular formula is C55H89N3O18P2. The van der Waals surface area contributed by atoms with Crippen molar-refractivity contribution in [2.75, 3.05) is 25.6 Å². The third kappa shape index (κ3) is 33.4. The van der Waals surface area contributed by atoms with E-state index >= 15 is 0 Å². The SMILES string of the molecule is CCCCCC/C=C\C/C=C\C/C=C\CCCCCCCCC(=O)OC[C@H](COP(=O)(O)OP(=O)(O)OC[C@H]1O[C@@H](n2ccc(N)nc2=O)[C@H](O)[C@@H]1O)OC(=O)CCC[C@H](O)[C@@H](O)/C=C/C=C/C=C\C=C\[C@@H](O)CCCCC. The van der Waals surface area contributed by atoms with Gasteiger partial charge in [0, 0.05) is 19.0 Å². The molecule has 1 fully saturated rings. The smallest absolute Gasteiger partial charge is 0.462 e. The number of hydrogen-bond donors (Lipinski definition) is 8. The fourth-order valence-electron chi connectivity index (χ4n) is 7.64. The van der Waals surface area contributed by atoms with E-state index in [9.17, 15) is 58.8 Å². The lowest BCUT2D eigenvalue weighted by Gasteiger charge is -2.21. The normalized spacial score (nSPS) is 20.4. The Hall–Kier alpha value is -4.18. The topological polar surface area (TPSA) is 326 Å². The molecule has 0 radical (unpaired) electrons. The molecule has 1 aromatic heterocycles. The average Bonchev–Trinajstić information content (AvgIpc) is 3.71. The molecule has 2 unspecified atom stereocenters. The largest absolute Gasteiger partial charge is 0.481 e. The summed E-state index contributed by atoms with van der Waals surface area (Å²) in [6, 6.07) is 1.22. The maximum absolute atomic E-state index is 12.9. The van der Waals surface area contributed by atoms with Gasteiger partial charge in [-0.1, -0.05) is 163 Å². The van der Waals surface area contributed by atoms with Crippen LogP contribution in [0.2, 0.25) is 0 Å². The predicted molar refractivity (Wildman–Crippen MR) is 297 cm³/mol. The number of rotatable bonds is 44. The van der Waals surface area contributed by atoms with Crippen molar-refractivity contribution in [3.8, 4) is 0 Å². The highest BCUT2D eigenvalue weighted by molar-refractivity contribution is 7.61. The van der Waals surface area contributed by atoms with Crippen molar-refractivity contribution < 1.29 is 81.6 Å². The molecule has 21 nitrogen and oxygen atoms in total. The second-order valence-corrected chi connectivity index (χ2v) is 22.0. The van der Waals surface area contributed by atoms with E-state index in [0.29, 0.717) is 12.8 Å². The van der Waals surface area contributed by atoms with Crippen LogP contribution in [0.1, 0.15) is 161 Å². The van der Waals surface area contributed by atoms with Crippen LogP contribution in [0.25, 0.3) is 0 Å². The van der Waals surface area contributed by atoms with Gasteiger partial charge in [0.1, 0.15) is 30.7 Å². The van der Waals surface area contributed by atoms with Crippen LogP contribution in [-0.4, -0.2) is 119 Å². The number of carbonyl (C=O) groups is 2. The molecule has 1 aliphatic heterocycles. The van der Waals surface area contributed by atoms with E-state index in [-0.39, 0.29) is 31.5 Å². The van der Waals surface area contributed by atoms with Crippen LogP contribution in [0.15, 0.2) is 102 Å². The summed E-state index contributed by atoms with van der Waals surface area (Å²) in [4.78, 5) is 62.1. The zero-order valence-corrected chi connectivity index (χ0v) is 47.3. The van der Waals surface area contributed by atoms with Crippen molar-refractivity contribution in [1.82, 2.24) is 9.55 Å². The minimum atomic E-state index is -5.53. The number of allylic oxidation sites excluding steroid dienone is 12. The summed E-state index contributed by atoms with van der Waals surface area (Å²) < 4.78 is 56.6. The molecule has 2 heterocycles. The van der Waals surface area contributed by atoms with Crippen LogP contribution in [0.4, 0.5) is 5.82 Å². The summed E-state index contributed by atoms with van der Waals surface area (Å²) in [5.41, 5.74) is 4.56. The first-order valence-corrected chi connectivity index (χ1v) is 30.4. The molecule has 442 valence electrons. The molecule has 0 aliphatic carbocycles. The Kier molecular flexibility index (Phi) is 37.5. The molecule has 2 rings (SSSR count). The van der Waals surface area contributed by atoms with E-state index in [4.69, 9.17) is 29.0 Å². The van der Waals surface area contributed by atoms with Gasteiger partial charge in [0.05, 0.1) is 31.5 Å². The number of phosphoric acid groups is 2. The molecular weight excluding hydrogens is 1050 g/mol. The van der Waals surface area contributed by atoms with Crippen LogP contribution in [0, 0.1) is 0 Å². The summed E-state index contributed by atoms with van der Waals surface area (Å²) in [6.07, 6.45) is 34.3. The number of unbranched alkanes of at least 4 members (excludes halogenated alkanes) is 12. The van der Waals surface area contributed by atoms with E-state index < -0.39 is 102 Å². The first-order valence-electron chi connectivity index (χ1n) is 27.4. The Bertz CT molecular complexity index is 2200. The molecule has 23 heteroatoms. The van der Waals surface area contributed by atoms with Gasteiger partial charge in [-0.15, -0.1) is 0 Å². The summed E-state index contributed by atoms with van der Waals surface area (Å²) in [5.74, 6) is -1.67. The lowest BCUT2D eigenvalue weighted by Crippen LogP contribution is -2.36. The minimum Gasteiger partial charge on any atom is -0.462 e. The van der Waals surface area contributed by atoms with E-state index in [1.165, 1.54) is 43.9 Å². The van der Waals surface area contributed by atoms with Crippen molar-refractivity contribution in [1.29, 1.82) is 0 Å². The van der Waals surface area contributed by atoms with Crippen molar-refractivity contribution in [2.24, 2.45) is 0 Å². The maximum atomic E-state index is 12.9. The molecule has 0 aromatic carbocycles. The van der Waals surface area contributed by atoms with Crippen LogP contribution in [-0.2, 0) is 46.3 Å². The number of esters is 2. The molecule has 78 heavy (non-hydrogen) atoms. The number of phosphoric ester groups is 2. The quantitative estimate of drug-likeness (QED) is 0.00995. The number of anilines is 1. The van der Waals surface area contributed by atoms with Gasteiger partial charge < -0.3 is 55.3 Å². The van der Waals surface area contributed by atoms with Crippen molar-refractivity contribution in [3.63, 3.8) is 0 Å². The Labute approximate surface area is 460 Å². The van der Waals surface area contributed by atoms with E-state index in [0.717, 1.165) is 87.8 Å². The van der Waals surface area contributed by atoms with E-state index in [1.54, 1.807) is 36.5 Å². The number of nitrogens with two attached hydrogens (primary N) is 1. The van der Waals surface area contributed by atoms with Crippen LogP contribution >= 0.6 is 15.6 Å². The predicted octanol–water partition coefficient (Wildman–Crippen LogP) is 8.75. The van der Waals surface area contributed by atoms with Crippen molar-refractivity contribution in [3.05, 3.63) is 108 Å². The first kappa shape index (κ1) is 69.9. The standard InChI is InChI=1S/C55H89N3O18P2/c1-3-5-7-8-9-10-11-12-13-14-15-16-17-18-19-20-21-22-27-31-37-50(62)71-41-45(74-51(63)38-32-36-47(61)46(60)35-30-26-24-23-25-29-34-44(59)33-28-6-4-2)42-72-77(67,68)76-78(69,70)73-43-48-52(64)53(65)54(75-48)58-40-39-49(56)57-55(58)66/h10-11,13-14,16-17,23-26,29-30,34-35,39-40,44-48,52-54,59-61,64-65H,3-9,12,15,18-22,27-28,31-33,36-38,41-43H2,1-2H3,(H,67,68)(H,69,70)(H2,56,57,66)/b11-10-,14-13-,17-16-,25-23-,26-24+,34-29+,35-30+/t44-,45+,46-,47-,48+,52+,53+,54+/m0/s1. The average molecular weight is 1140 g/mol. The van der Waals surface area contributed by atoms with Gasteiger partial charge in [-0.2, -0.15) is 9.29 Å². The van der Waals surface area contributed by atoms with Crippen molar-refractivity contribution in [2.45, 2.75) is 204 Å². The van der Waals surface area contributed by atoms with Crippen molar-refractivity contribution >= 4 is 33.4 Å². The third-order valence-corrected chi connectivity index (χ3v) is 14.7. The summed E-state index contributed by atoms with van der Waals surface area (Å²) in [5, 5.41) is 51.7. The molecule has 0 spiro atoms. The summed E-state index contributed by atoms with van der Waals surface area (Å²) in [6.45, 7) is 1.69. The van der Waals surface area contributed by atoms with Gasteiger partial charge in [-0.25, -0.2) is 13.9 Å². The highest BCUT2D eigenvalue weighted by atomic mass is 31.3. The molecule has 1 aromatic rings. The lowest BCUT2D eigenvalue weighted by molar-refractivity contribution is -0.161. The van der Waals surface area contributed by atoms with Gasteiger partial charge in [-0.3, -0.25) is 23.2 Å². The number of aromatic nitrogens is 2. The number of aliphatic hydroxyl groups is 5. The van der Waals surface area contributed by atoms with Gasteiger partial charge >= 0.3 is 33.3 Å². The maximum Gasteiger partial charge on any atom is 0.481 e. The third-order valence-electron chi connectivity index (χ3n) is 12.1. The summed E-state index contributed by atoms with van der Waals surface area (Å²) >= 11 is 0. The molecule has 1 aliphatic rings. The second-order valence-electron chi connectivity index (χ2n) is 18.9. The highest BCUT2D eigenvalue weighted by Crippen LogP contribution is 2.60. The molecule has 0 bridgehead atoms. The Morgan fingerprint density at radius 1 is 0.705 bits per heavy atom. The second kappa shape index (κ2) is 41.8. The lowest BCUT2D eigenvalue weighted by atomic mass is 10.1. The Morgan fingerprint density at radius 3 is 1.92 bits per heavy atom. The Balaban J connectivity index is 1.87. The summed E-state index contributed by atoms with van der Waals surface area (Å²) in [7, 11) is -11.0. The van der Waals surface area contributed by atoms with Gasteiger partial charge in [0.25, 0.3) is 0 Å². The van der Waals surface area contributed by atoms with Crippen LogP contribution in [0.3, 0.4) is 0 Å². The van der Waals surface area contributed by atoms with Gasteiger partial charge in [0.2, 0.25) is 0 Å². The molecule has 1 saturated heterocycles. The van der Waals surface area contributed by atoms with Crippen LogP contribution < -0.4 is 11.4 Å². The zero-order chi connectivity index (χ0) is 57.4. The molecule has 10 atom stereocenters. The van der Waals surface area contributed by atoms with Gasteiger partial charge in [-0.05, 0) is 70.3 Å². The fourth-order valence-corrected chi connectivity index (χ4v) is 9.75. The molecule has 0 amide bonds. The molecule has 9 N–H and O–H groups in total. The van der Waals surface area contributed by atoms with Crippen LogP contribution in [0.5, 0.6) is 0 Å². The fraction of sp³-hybridized carbons (Fsp3) is 0.636. The monoisotopic (exact) mass is 1140 g/mol. The number of nitrogen functional groups attached to an aromatic ring is 1. The highest BCUT2D eigenvalue weighted by Gasteiger charge is 2.46. The first-order chi connectivity index (χ1) is 37.4. The number of aliphatic hydroxyl groups excluding tert-OH is 5. The zero-order valence-electron chi connectivity index (χ0n) is 45.5. The number of carbonyl (C=O) groups excluding carboxylic acids is 2. The Morgan fingerprint density at radius 2 is 1.27 bits per heavy atom. The molecule has 0 saturated carbocycles. The minimum absolute atomic E-state index is 0.0246. The number of nitrogens with zero attached hydrogens (tertiary/aromatic N) is 2.